The third-order valence-electron chi connectivity index (χ3n) is 12.1. The van der Waals surface area contributed by atoms with Crippen LogP contribution in [-0.2, 0) is 0 Å². The minimum atomic E-state index is -1.00. The van der Waals surface area contributed by atoms with Gasteiger partial charge in [0.15, 0.2) is 0 Å². The standard InChI is InChI=1S/C60H48N4O/c1-41(60(2,3)4)52-38-58(61-39-53(52)44-24-12-7-13-25-44)64-54-31-15-14-28-50(54)51-35-34-47(37-57(51)64)65-46-27-18-26-45(36-46)62-40-63(56-33-17-16-32-55(56)62)59-48(42-20-8-5-9-21-42)29-19-30-49(59)43-22-10-6-11-23-43/h5-39,41H,1-4H3/i5D,6D,8D,9D,10D,11D,20D,21D,22D,23D,41D. The van der Waals surface area contributed by atoms with Crippen LogP contribution in [0.3, 0.4) is 0 Å². The number of nitrogens with zero attached hydrogens (tertiary/aromatic N) is 4. The van der Waals surface area contributed by atoms with E-state index in [1.807, 2.05) is 128 Å². The Morgan fingerprint density at radius 1 is 0.600 bits per heavy atom. The lowest BCUT2D eigenvalue weighted by atomic mass is 9.76. The monoisotopic (exact) mass is 851 g/mol. The van der Waals surface area contributed by atoms with Crippen LogP contribution in [0.5, 0.6) is 11.5 Å². The lowest BCUT2D eigenvalue weighted by Crippen LogP contribution is -2.31. The summed E-state index contributed by atoms with van der Waals surface area (Å²) in [6.07, 6.45) is 5.32. The molecule has 65 heavy (non-hydrogen) atoms. The fraction of sp³-hybridized carbons (Fsp3) is 0.100. The molecule has 1 atom stereocenters. The molecule has 11 rings (SSSR count). The largest absolute Gasteiger partial charge is 0.458 e. The van der Waals surface area contributed by atoms with Gasteiger partial charge in [-0.05, 0) is 87.2 Å². The van der Waals surface area contributed by atoms with Crippen LogP contribution >= 0.6 is 0 Å². The second-order valence-electron chi connectivity index (χ2n) is 16.9. The molecule has 3 aromatic heterocycles. The molecular formula is C60H48N4O. The molecule has 11 aromatic rings. The molecule has 0 radical (unpaired) electrons. The maximum absolute atomic E-state index is 9.82. The van der Waals surface area contributed by atoms with Crippen molar-refractivity contribution in [3.8, 4) is 62.1 Å². The molecule has 0 aliphatic rings. The van der Waals surface area contributed by atoms with Gasteiger partial charge in [0, 0.05) is 30.0 Å². The summed E-state index contributed by atoms with van der Waals surface area (Å²) in [6, 6.07) is 40.5. The van der Waals surface area contributed by atoms with Gasteiger partial charge in [0.1, 0.15) is 17.3 Å². The van der Waals surface area contributed by atoms with E-state index in [1.54, 1.807) is 27.3 Å². The molecule has 0 bridgehead atoms. The number of hydrogen-bond acceptors (Lipinski definition) is 2. The minimum absolute atomic E-state index is 0.139. The van der Waals surface area contributed by atoms with Gasteiger partial charge in [0.05, 0.1) is 47.1 Å². The molecule has 8 aromatic carbocycles. The highest BCUT2D eigenvalue weighted by atomic mass is 16.5. The van der Waals surface area contributed by atoms with Gasteiger partial charge in [0.2, 0.25) is 0 Å². The first-order valence-corrected chi connectivity index (χ1v) is 21.4. The summed E-state index contributed by atoms with van der Waals surface area (Å²) in [5.41, 5.74) is 6.08. The Balaban J connectivity index is 1.06. The Labute approximate surface area is 395 Å². The second-order valence-corrected chi connectivity index (χ2v) is 16.9. The normalized spacial score (nSPS) is 15.1. The molecule has 0 saturated heterocycles. The molecular weight excluding hydrogens is 793 g/mol. The van der Waals surface area contributed by atoms with E-state index in [9.17, 15) is 1.37 Å². The van der Waals surface area contributed by atoms with E-state index in [4.69, 9.17) is 23.4 Å². The van der Waals surface area contributed by atoms with Gasteiger partial charge in [-0.1, -0.05) is 185 Å². The number of fused-ring (bicyclic) bond motifs is 4. The van der Waals surface area contributed by atoms with E-state index in [0.717, 1.165) is 38.5 Å². The molecule has 0 aliphatic carbocycles. The molecule has 0 aliphatic heterocycles. The van der Waals surface area contributed by atoms with Crippen LogP contribution in [0.2, 0.25) is 0 Å². The molecule has 3 heterocycles. The molecule has 0 N–H and O–H groups in total. The van der Waals surface area contributed by atoms with Gasteiger partial charge in [0.25, 0.3) is 6.33 Å². The van der Waals surface area contributed by atoms with E-state index in [-0.39, 0.29) is 27.9 Å². The van der Waals surface area contributed by atoms with Crippen molar-refractivity contribution in [3.05, 3.63) is 224 Å². The molecule has 0 spiro atoms. The number of aromatic nitrogens is 4. The van der Waals surface area contributed by atoms with E-state index < -0.39 is 71.7 Å². The predicted molar refractivity (Wildman–Crippen MR) is 266 cm³/mol. The highest BCUT2D eigenvalue weighted by molar-refractivity contribution is 6.09. The summed E-state index contributed by atoms with van der Waals surface area (Å²) >= 11 is 0. The first-order chi connectivity index (χ1) is 36.3. The van der Waals surface area contributed by atoms with Gasteiger partial charge in [-0.15, -0.1) is 0 Å². The highest BCUT2D eigenvalue weighted by Crippen LogP contribution is 2.42. The van der Waals surface area contributed by atoms with Crippen molar-refractivity contribution < 1.29 is 24.4 Å². The summed E-state index contributed by atoms with van der Waals surface area (Å²) in [4.78, 5) is 5.09. The average molecular weight is 852 g/mol. The summed E-state index contributed by atoms with van der Waals surface area (Å²) in [6.45, 7) is 8.21. The fourth-order valence-electron chi connectivity index (χ4n) is 8.59. The van der Waals surface area contributed by atoms with Crippen molar-refractivity contribution >= 4 is 32.8 Å². The third kappa shape index (κ3) is 7.25. The molecule has 1 unspecified atom stereocenters. The van der Waals surface area contributed by atoms with E-state index in [2.05, 4.69) is 43.8 Å². The zero-order valence-electron chi connectivity index (χ0n) is 47.1. The summed E-state index contributed by atoms with van der Waals surface area (Å²) in [7, 11) is 0. The summed E-state index contributed by atoms with van der Waals surface area (Å²) < 4.78 is 109. The Morgan fingerprint density at radius 3 is 1.95 bits per heavy atom. The van der Waals surface area contributed by atoms with Crippen molar-refractivity contribution in [2.45, 2.75) is 33.6 Å². The number of rotatable bonds is 9. The predicted octanol–water partition coefficient (Wildman–Crippen LogP) is 15.1. The van der Waals surface area contributed by atoms with E-state index >= 15 is 0 Å². The third-order valence-corrected chi connectivity index (χ3v) is 12.1. The number of benzene rings is 8. The topological polar surface area (TPSA) is 35.9 Å². The van der Waals surface area contributed by atoms with Crippen molar-refractivity contribution in [2.75, 3.05) is 0 Å². The van der Waals surface area contributed by atoms with Gasteiger partial charge >= 0.3 is 0 Å². The van der Waals surface area contributed by atoms with Crippen LogP contribution in [0, 0.1) is 11.7 Å². The molecule has 314 valence electrons. The van der Waals surface area contributed by atoms with Gasteiger partial charge in [-0.2, -0.15) is 0 Å². The van der Waals surface area contributed by atoms with Crippen LogP contribution in [-0.4, -0.2) is 14.1 Å². The summed E-state index contributed by atoms with van der Waals surface area (Å²) in [5.74, 6) is 0.686. The minimum Gasteiger partial charge on any atom is -0.458 e. The van der Waals surface area contributed by atoms with Crippen LogP contribution < -0.4 is 9.30 Å². The quantitative estimate of drug-likeness (QED) is 0.107. The summed E-state index contributed by atoms with van der Waals surface area (Å²) in [5, 5.41) is 2.01. The van der Waals surface area contributed by atoms with Gasteiger partial charge < -0.3 is 4.74 Å². The van der Waals surface area contributed by atoms with Crippen molar-refractivity contribution in [2.24, 2.45) is 5.41 Å². The second kappa shape index (κ2) is 16.3. The number of ether oxygens (including phenoxy) is 1. The fourth-order valence-corrected chi connectivity index (χ4v) is 8.59. The number of para-hydroxylation sites is 4. The van der Waals surface area contributed by atoms with E-state index in [0.29, 0.717) is 34.0 Å². The molecule has 0 amide bonds. The van der Waals surface area contributed by atoms with Crippen LogP contribution in [0.25, 0.3) is 83.4 Å². The average Bonchev–Trinajstić information content (AvgIpc) is 4.00. The smallest absolute Gasteiger partial charge is 0.269 e. The molecule has 0 fully saturated rings. The van der Waals surface area contributed by atoms with Crippen molar-refractivity contribution in [1.29, 1.82) is 0 Å². The van der Waals surface area contributed by atoms with E-state index in [1.165, 1.54) is 0 Å². The lowest BCUT2D eigenvalue weighted by Gasteiger charge is -2.30. The zero-order valence-corrected chi connectivity index (χ0v) is 36.1. The highest BCUT2D eigenvalue weighted by Gasteiger charge is 2.26. The number of imidazole rings is 1. The Morgan fingerprint density at radius 2 is 1.23 bits per heavy atom. The van der Waals surface area contributed by atoms with Crippen LogP contribution in [0.1, 0.15) is 54.2 Å². The van der Waals surface area contributed by atoms with Crippen molar-refractivity contribution in [3.63, 3.8) is 0 Å². The molecule has 5 nitrogen and oxygen atoms in total. The number of hydrogen-bond donors (Lipinski definition) is 0. The Hall–Kier alpha value is -8.02. The zero-order chi connectivity index (χ0) is 53.7. The van der Waals surface area contributed by atoms with Crippen molar-refractivity contribution in [1.82, 2.24) is 14.1 Å². The van der Waals surface area contributed by atoms with Crippen LogP contribution in [0.15, 0.2) is 212 Å². The SMILES string of the molecule is [2H]c1c([2H])c([2H])c(-c2cccc(-c3c([2H])c([2H])c([2H])c([2H])c3[2H])c2-[n+]2[c-]n(-c3cccc(Oc4ccc5c6ccccc6n(-c6cc(C([2H])(C)C(C)(C)C)c(-c7ccccc7)cn6)c5c4)c3)c3ccccc32)c([2H])c1[2H]. The van der Waals surface area contributed by atoms with Gasteiger partial charge in [-0.25, -0.2) is 4.98 Å². The molecule has 5 heteroatoms. The Kier molecular flexibility index (Phi) is 7.35. The maximum Gasteiger partial charge on any atom is 0.269 e. The lowest BCUT2D eigenvalue weighted by molar-refractivity contribution is -0.571. The number of pyridine rings is 1. The van der Waals surface area contributed by atoms with Crippen LogP contribution in [0.4, 0.5) is 0 Å². The maximum atomic E-state index is 9.82. The first kappa shape index (κ1) is 29.4. The first-order valence-electron chi connectivity index (χ1n) is 26.9. The van der Waals surface area contributed by atoms with Gasteiger partial charge in [-0.3, -0.25) is 13.7 Å². The Bertz CT molecular complexity index is 4040. The molecule has 0 saturated carbocycles.